The quantitative estimate of drug-likeness (QED) is 0.830. The van der Waals surface area contributed by atoms with E-state index in [9.17, 15) is 9.59 Å². The number of carbonyl (C=O) groups excluding carboxylic acids is 2. The van der Waals surface area contributed by atoms with E-state index < -0.39 is 0 Å². The Balaban J connectivity index is 1.33. The molecule has 1 atom stereocenters. The number of hydrogen-bond donors (Lipinski definition) is 1. The molecule has 2 aromatic heterocycles. The molecule has 7 heteroatoms. The lowest BCUT2D eigenvalue weighted by Gasteiger charge is -2.32. The van der Waals surface area contributed by atoms with Crippen LogP contribution in [-0.2, 0) is 18.3 Å². The van der Waals surface area contributed by atoms with E-state index in [1.54, 1.807) is 11.3 Å². The van der Waals surface area contributed by atoms with Gasteiger partial charge in [-0.05, 0) is 37.8 Å². The van der Waals surface area contributed by atoms with Gasteiger partial charge in [-0.15, -0.1) is 11.3 Å². The maximum absolute atomic E-state index is 12.8. The van der Waals surface area contributed by atoms with E-state index in [0.717, 1.165) is 61.6 Å². The number of likely N-dealkylation sites (tertiary alicyclic amines) is 1. The highest BCUT2D eigenvalue weighted by Crippen LogP contribution is 2.30. The van der Waals surface area contributed by atoms with Crippen LogP contribution in [0, 0.1) is 5.92 Å². The van der Waals surface area contributed by atoms with Crippen LogP contribution in [0.2, 0.25) is 0 Å². The summed E-state index contributed by atoms with van der Waals surface area (Å²) in [5.41, 5.74) is 1.78. The lowest BCUT2D eigenvalue weighted by molar-refractivity contribution is -0.122. The van der Waals surface area contributed by atoms with E-state index in [2.05, 4.69) is 10.7 Å². The van der Waals surface area contributed by atoms with Crippen molar-refractivity contribution in [3.8, 4) is 0 Å². The maximum Gasteiger partial charge on any atom is 0.270 e. The number of nitrogens with zero attached hydrogens (tertiary/aromatic N) is 3. The maximum atomic E-state index is 12.8. The first-order valence-electron chi connectivity index (χ1n) is 9.74. The molecule has 0 spiro atoms. The number of aryl methyl sites for hydroxylation is 1. The average Bonchev–Trinajstić information content (AvgIpc) is 3.28. The van der Waals surface area contributed by atoms with Gasteiger partial charge in [-0.3, -0.25) is 9.59 Å². The molecule has 2 amide bonds. The summed E-state index contributed by atoms with van der Waals surface area (Å²) >= 11 is 1.68. The zero-order chi connectivity index (χ0) is 18.8. The predicted octanol–water partition coefficient (Wildman–Crippen LogP) is 2.57. The summed E-state index contributed by atoms with van der Waals surface area (Å²) in [5, 5.41) is 6.20. The topological polar surface area (TPSA) is 67.2 Å². The van der Waals surface area contributed by atoms with Crippen LogP contribution in [0.5, 0.6) is 0 Å². The molecule has 27 heavy (non-hydrogen) atoms. The Morgan fingerprint density at radius 1 is 1.33 bits per heavy atom. The van der Waals surface area contributed by atoms with E-state index >= 15 is 0 Å². The fourth-order valence-electron chi connectivity index (χ4n) is 3.64. The van der Waals surface area contributed by atoms with Gasteiger partial charge in [-0.2, -0.15) is 0 Å². The first-order chi connectivity index (χ1) is 13.1. The van der Waals surface area contributed by atoms with Gasteiger partial charge in [0.1, 0.15) is 5.69 Å². The summed E-state index contributed by atoms with van der Waals surface area (Å²) in [7, 11) is 1.91. The number of thiazole rings is 1. The van der Waals surface area contributed by atoms with Crippen LogP contribution in [0.1, 0.15) is 52.8 Å². The van der Waals surface area contributed by atoms with Crippen molar-refractivity contribution in [1.29, 1.82) is 0 Å². The van der Waals surface area contributed by atoms with Gasteiger partial charge in [-0.1, -0.05) is 0 Å². The first kappa shape index (κ1) is 18.2. The van der Waals surface area contributed by atoms with E-state index in [4.69, 9.17) is 4.98 Å². The Hall–Kier alpha value is -2.15. The molecule has 1 aliphatic carbocycles. The highest BCUT2D eigenvalue weighted by molar-refractivity contribution is 7.09. The van der Waals surface area contributed by atoms with Crippen molar-refractivity contribution in [1.82, 2.24) is 19.8 Å². The van der Waals surface area contributed by atoms with Gasteiger partial charge in [0.15, 0.2) is 0 Å². The molecule has 6 nitrogen and oxygen atoms in total. The van der Waals surface area contributed by atoms with Gasteiger partial charge in [-0.25, -0.2) is 4.98 Å². The van der Waals surface area contributed by atoms with E-state index in [1.807, 2.05) is 34.8 Å². The molecular formula is C20H26N4O2S. The fourth-order valence-corrected chi connectivity index (χ4v) is 4.62. The second kappa shape index (κ2) is 7.84. The largest absolute Gasteiger partial charge is 0.355 e. The summed E-state index contributed by atoms with van der Waals surface area (Å²) in [6, 6.07) is 3.78. The predicted molar refractivity (Wildman–Crippen MR) is 105 cm³/mol. The summed E-state index contributed by atoms with van der Waals surface area (Å²) in [4.78, 5) is 31.2. The van der Waals surface area contributed by atoms with Crippen molar-refractivity contribution >= 4 is 23.2 Å². The first-order valence-corrected chi connectivity index (χ1v) is 10.6. The number of rotatable bonds is 6. The molecule has 4 rings (SSSR count). The Bertz CT molecular complexity index is 824. The molecule has 0 radical (unpaired) electrons. The third kappa shape index (κ3) is 4.24. The van der Waals surface area contributed by atoms with E-state index in [0.29, 0.717) is 12.5 Å². The van der Waals surface area contributed by atoms with Crippen LogP contribution in [0.15, 0.2) is 23.7 Å². The Morgan fingerprint density at radius 3 is 2.93 bits per heavy atom. The average molecular weight is 387 g/mol. The van der Waals surface area contributed by atoms with Crippen LogP contribution in [0.25, 0.3) is 0 Å². The molecule has 1 N–H and O–H groups in total. The zero-order valence-corrected chi connectivity index (χ0v) is 16.5. The standard InChI is InChI=1S/C20H26N4O2S/c1-23-10-3-5-17(23)20(26)24-11-2-4-15(12-24)19-22-16(13-27-19)8-9-21-18(25)14-6-7-14/h3,5,10,13-15H,2,4,6-9,11-12H2,1H3,(H,21,25)/t15-/m1/s1. The monoisotopic (exact) mass is 386 g/mol. The van der Waals surface area contributed by atoms with Crippen molar-refractivity contribution in [3.63, 3.8) is 0 Å². The van der Waals surface area contributed by atoms with E-state index in [1.165, 1.54) is 0 Å². The van der Waals surface area contributed by atoms with Crippen LogP contribution in [0.4, 0.5) is 0 Å². The molecule has 2 fully saturated rings. The number of carbonyl (C=O) groups is 2. The number of hydrogen-bond acceptors (Lipinski definition) is 4. The molecule has 2 aliphatic rings. The van der Waals surface area contributed by atoms with Crippen molar-refractivity contribution in [2.75, 3.05) is 19.6 Å². The summed E-state index contributed by atoms with van der Waals surface area (Å²) in [6.07, 6.45) is 6.82. The summed E-state index contributed by atoms with van der Waals surface area (Å²) in [5.74, 6) is 0.855. The Labute approximate surface area is 163 Å². The van der Waals surface area contributed by atoms with Gasteiger partial charge in [0.25, 0.3) is 5.91 Å². The number of piperidine rings is 1. The van der Waals surface area contributed by atoms with E-state index in [-0.39, 0.29) is 17.7 Å². The third-order valence-corrected chi connectivity index (χ3v) is 6.47. The van der Waals surface area contributed by atoms with Crippen LogP contribution >= 0.6 is 11.3 Å². The van der Waals surface area contributed by atoms with Crippen LogP contribution in [0.3, 0.4) is 0 Å². The smallest absolute Gasteiger partial charge is 0.270 e. The molecule has 3 heterocycles. The minimum atomic E-state index is 0.103. The molecular weight excluding hydrogens is 360 g/mol. The van der Waals surface area contributed by atoms with Gasteiger partial charge < -0.3 is 14.8 Å². The van der Waals surface area contributed by atoms with Gasteiger partial charge in [0.2, 0.25) is 5.91 Å². The van der Waals surface area contributed by atoms with Gasteiger partial charge in [0, 0.05) is 56.5 Å². The highest BCUT2D eigenvalue weighted by Gasteiger charge is 2.30. The molecule has 0 unspecified atom stereocenters. The molecule has 144 valence electrons. The Morgan fingerprint density at radius 2 is 2.19 bits per heavy atom. The van der Waals surface area contributed by atoms with Crippen molar-refractivity contribution in [3.05, 3.63) is 40.1 Å². The van der Waals surface area contributed by atoms with Crippen molar-refractivity contribution in [2.45, 2.75) is 38.0 Å². The van der Waals surface area contributed by atoms with Crippen LogP contribution in [-0.4, -0.2) is 45.9 Å². The van der Waals surface area contributed by atoms with Crippen LogP contribution < -0.4 is 5.32 Å². The normalized spacial score (nSPS) is 19.9. The molecule has 1 saturated heterocycles. The van der Waals surface area contributed by atoms with Crippen molar-refractivity contribution < 1.29 is 9.59 Å². The highest BCUT2D eigenvalue weighted by atomic mass is 32.1. The zero-order valence-electron chi connectivity index (χ0n) is 15.7. The number of nitrogens with one attached hydrogen (secondary N) is 1. The second-order valence-electron chi connectivity index (χ2n) is 7.59. The fraction of sp³-hybridized carbons (Fsp3) is 0.550. The third-order valence-electron chi connectivity index (χ3n) is 5.42. The summed E-state index contributed by atoms with van der Waals surface area (Å²) < 4.78 is 1.88. The minimum absolute atomic E-state index is 0.103. The molecule has 0 aromatic carbocycles. The Kier molecular flexibility index (Phi) is 5.29. The number of amides is 2. The number of aromatic nitrogens is 2. The molecule has 1 saturated carbocycles. The minimum Gasteiger partial charge on any atom is -0.355 e. The lowest BCUT2D eigenvalue weighted by Crippen LogP contribution is -2.39. The molecule has 0 bridgehead atoms. The van der Waals surface area contributed by atoms with Gasteiger partial charge in [0.05, 0.1) is 10.7 Å². The second-order valence-corrected chi connectivity index (χ2v) is 8.48. The van der Waals surface area contributed by atoms with Gasteiger partial charge >= 0.3 is 0 Å². The molecule has 2 aromatic rings. The summed E-state index contributed by atoms with van der Waals surface area (Å²) in [6.45, 7) is 2.20. The van der Waals surface area contributed by atoms with Crippen molar-refractivity contribution in [2.24, 2.45) is 13.0 Å². The molecule has 1 aliphatic heterocycles. The lowest BCUT2D eigenvalue weighted by atomic mass is 9.98. The SMILES string of the molecule is Cn1cccc1C(=O)N1CCC[C@@H](c2nc(CCNC(=O)C3CC3)cs2)C1.